The Morgan fingerprint density at radius 2 is 2.22 bits per heavy atom. The van der Waals surface area contributed by atoms with Gasteiger partial charge in [0.15, 0.2) is 0 Å². The van der Waals surface area contributed by atoms with Gasteiger partial charge in [-0.05, 0) is 24.5 Å². The lowest BCUT2D eigenvalue weighted by Crippen LogP contribution is -2.45. The van der Waals surface area contributed by atoms with Gasteiger partial charge in [-0.1, -0.05) is 18.9 Å². The zero-order valence-corrected chi connectivity index (χ0v) is 10.3. The van der Waals surface area contributed by atoms with Crippen molar-refractivity contribution in [3.8, 4) is 0 Å². The van der Waals surface area contributed by atoms with Crippen LogP contribution in [0.1, 0.15) is 41.7 Å². The van der Waals surface area contributed by atoms with Gasteiger partial charge in [0.2, 0.25) is 0 Å². The molecule has 5 heteroatoms. The fourth-order valence-electron chi connectivity index (χ4n) is 2.20. The number of amides is 1. The van der Waals surface area contributed by atoms with E-state index in [4.69, 9.17) is 5.73 Å². The quantitative estimate of drug-likeness (QED) is 0.731. The molecule has 18 heavy (non-hydrogen) atoms. The van der Waals surface area contributed by atoms with E-state index < -0.39 is 6.10 Å². The summed E-state index contributed by atoms with van der Waals surface area (Å²) < 4.78 is 0. The summed E-state index contributed by atoms with van der Waals surface area (Å²) in [7, 11) is 0. The van der Waals surface area contributed by atoms with E-state index in [1.165, 1.54) is 0 Å². The molecule has 1 aromatic heterocycles. The number of hydrogen-bond donors (Lipinski definition) is 3. The van der Waals surface area contributed by atoms with Crippen LogP contribution in [-0.2, 0) is 6.54 Å². The maximum Gasteiger partial charge on any atom is 0.270 e. The highest BCUT2D eigenvalue weighted by molar-refractivity contribution is 5.92. The Labute approximate surface area is 106 Å². The second-order valence-corrected chi connectivity index (χ2v) is 4.69. The molecular weight excluding hydrogens is 230 g/mol. The number of nitrogens with one attached hydrogen (secondary N) is 1. The number of pyridine rings is 1. The lowest BCUT2D eigenvalue weighted by molar-refractivity contribution is 0.0714. The minimum atomic E-state index is -0.439. The van der Waals surface area contributed by atoms with Gasteiger partial charge in [0.25, 0.3) is 5.91 Å². The number of aliphatic hydroxyl groups excluding tert-OH is 1. The smallest absolute Gasteiger partial charge is 0.270 e. The lowest BCUT2D eigenvalue weighted by atomic mass is 9.92. The van der Waals surface area contributed by atoms with E-state index in [2.05, 4.69) is 10.3 Å². The Balaban J connectivity index is 1.97. The highest BCUT2D eigenvalue weighted by Gasteiger charge is 2.25. The van der Waals surface area contributed by atoms with Crippen molar-refractivity contribution < 1.29 is 9.90 Å². The molecule has 0 unspecified atom stereocenters. The molecule has 0 bridgehead atoms. The molecule has 0 aromatic carbocycles. The molecule has 0 aliphatic heterocycles. The zero-order chi connectivity index (χ0) is 13.0. The van der Waals surface area contributed by atoms with Gasteiger partial charge in [0.05, 0.1) is 12.1 Å². The fraction of sp³-hybridized carbons (Fsp3) is 0.538. The van der Waals surface area contributed by atoms with Crippen LogP contribution in [0.4, 0.5) is 0 Å². The third-order valence-electron chi connectivity index (χ3n) is 3.34. The summed E-state index contributed by atoms with van der Waals surface area (Å²) in [6.45, 7) is 0.413. The normalized spacial score (nSPS) is 23.7. The lowest BCUT2D eigenvalue weighted by Gasteiger charge is -2.28. The van der Waals surface area contributed by atoms with Gasteiger partial charge in [0, 0.05) is 12.7 Å². The van der Waals surface area contributed by atoms with Crippen LogP contribution in [0.15, 0.2) is 18.3 Å². The summed E-state index contributed by atoms with van der Waals surface area (Å²) in [5, 5.41) is 12.6. The van der Waals surface area contributed by atoms with Crippen LogP contribution in [0.3, 0.4) is 0 Å². The van der Waals surface area contributed by atoms with Crippen molar-refractivity contribution in [3.05, 3.63) is 29.6 Å². The van der Waals surface area contributed by atoms with Crippen molar-refractivity contribution in [3.63, 3.8) is 0 Å². The molecule has 4 N–H and O–H groups in total. The third kappa shape index (κ3) is 3.05. The second kappa shape index (κ2) is 5.93. The van der Waals surface area contributed by atoms with Crippen molar-refractivity contribution in [2.75, 3.05) is 0 Å². The van der Waals surface area contributed by atoms with Crippen molar-refractivity contribution in [1.82, 2.24) is 10.3 Å². The molecule has 1 saturated carbocycles. The van der Waals surface area contributed by atoms with Crippen LogP contribution >= 0.6 is 0 Å². The summed E-state index contributed by atoms with van der Waals surface area (Å²) in [5.74, 6) is -0.232. The number of rotatable bonds is 3. The zero-order valence-electron chi connectivity index (χ0n) is 10.3. The van der Waals surface area contributed by atoms with Crippen molar-refractivity contribution >= 4 is 5.91 Å². The number of aromatic nitrogens is 1. The van der Waals surface area contributed by atoms with Gasteiger partial charge in [-0.25, -0.2) is 0 Å². The Kier molecular flexibility index (Phi) is 4.28. The topological polar surface area (TPSA) is 88.2 Å². The molecule has 0 radical (unpaired) electrons. The predicted octanol–water partition coefficient (Wildman–Crippen LogP) is 0.574. The van der Waals surface area contributed by atoms with Gasteiger partial charge in [-0.2, -0.15) is 0 Å². The Morgan fingerprint density at radius 1 is 1.44 bits per heavy atom. The molecule has 2 atom stereocenters. The second-order valence-electron chi connectivity index (χ2n) is 4.69. The van der Waals surface area contributed by atoms with E-state index in [-0.39, 0.29) is 11.9 Å². The van der Waals surface area contributed by atoms with Crippen LogP contribution in [-0.4, -0.2) is 28.1 Å². The molecule has 98 valence electrons. The summed E-state index contributed by atoms with van der Waals surface area (Å²) in [6, 6.07) is 3.30. The van der Waals surface area contributed by atoms with Crippen molar-refractivity contribution in [2.45, 2.75) is 44.4 Å². The molecule has 0 saturated heterocycles. The van der Waals surface area contributed by atoms with Gasteiger partial charge in [0.1, 0.15) is 5.69 Å². The number of aliphatic hydroxyl groups is 1. The summed E-state index contributed by atoms with van der Waals surface area (Å²) in [6.07, 6.45) is 4.81. The fourth-order valence-corrected chi connectivity index (χ4v) is 2.20. The SMILES string of the molecule is NCc1ccc(C(=O)N[C@H]2CCCC[C@@H]2O)nc1. The number of hydrogen-bond acceptors (Lipinski definition) is 4. The largest absolute Gasteiger partial charge is 0.391 e. The molecule has 0 spiro atoms. The monoisotopic (exact) mass is 249 g/mol. The van der Waals surface area contributed by atoms with Gasteiger partial charge in [-0.15, -0.1) is 0 Å². The average Bonchev–Trinajstić information content (AvgIpc) is 2.41. The minimum Gasteiger partial charge on any atom is -0.391 e. The number of carbonyl (C=O) groups excluding carboxylic acids is 1. The van der Waals surface area contributed by atoms with E-state index in [0.717, 1.165) is 31.2 Å². The molecule has 1 aliphatic rings. The molecular formula is C13H19N3O2. The standard InChI is InChI=1S/C13H19N3O2/c14-7-9-5-6-11(15-8-9)13(18)16-10-3-1-2-4-12(10)17/h5-6,8,10,12,17H,1-4,7,14H2,(H,16,18)/t10-,12-/m0/s1. The molecule has 1 aromatic rings. The third-order valence-corrected chi connectivity index (χ3v) is 3.34. The van der Waals surface area contributed by atoms with Gasteiger partial charge in [-0.3, -0.25) is 9.78 Å². The maximum atomic E-state index is 11.9. The summed E-state index contributed by atoms with van der Waals surface area (Å²) in [4.78, 5) is 16.0. The molecule has 5 nitrogen and oxygen atoms in total. The molecule has 1 fully saturated rings. The van der Waals surface area contributed by atoms with Crippen molar-refractivity contribution in [2.24, 2.45) is 5.73 Å². The van der Waals surface area contributed by atoms with Gasteiger partial charge >= 0.3 is 0 Å². The number of nitrogens with two attached hydrogens (primary N) is 1. The van der Waals surface area contributed by atoms with Crippen LogP contribution in [0.25, 0.3) is 0 Å². The van der Waals surface area contributed by atoms with E-state index >= 15 is 0 Å². The Hall–Kier alpha value is -1.46. The first-order valence-electron chi connectivity index (χ1n) is 6.34. The molecule has 1 amide bonds. The van der Waals surface area contributed by atoms with E-state index in [1.54, 1.807) is 18.3 Å². The molecule has 2 rings (SSSR count). The van der Waals surface area contributed by atoms with Gasteiger partial charge < -0.3 is 16.2 Å². The average molecular weight is 249 g/mol. The Morgan fingerprint density at radius 3 is 2.83 bits per heavy atom. The van der Waals surface area contributed by atoms with Crippen molar-refractivity contribution in [1.29, 1.82) is 0 Å². The summed E-state index contributed by atoms with van der Waals surface area (Å²) in [5.41, 5.74) is 6.73. The summed E-state index contributed by atoms with van der Waals surface area (Å²) >= 11 is 0. The highest BCUT2D eigenvalue weighted by atomic mass is 16.3. The first kappa shape index (κ1) is 13.0. The van der Waals surface area contributed by atoms with E-state index in [9.17, 15) is 9.90 Å². The van der Waals surface area contributed by atoms with Crippen LogP contribution in [0.5, 0.6) is 0 Å². The molecule has 1 heterocycles. The van der Waals surface area contributed by atoms with Crippen LogP contribution in [0.2, 0.25) is 0 Å². The first-order chi connectivity index (χ1) is 8.70. The predicted molar refractivity (Wildman–Crippen MR) is 67.9 cm³/mol. The number of carbonyl (C=O) groups is 1. The maximum absolute atomic E-state index is 11.9. The molecule has 1 aliphatic carbocycles. The van der Waals surface area contributed by atoms with Crippen LogP contribution in [0, 0.1) is 0 Å². The highest BCUT2D eigenvalue weighted by Crippen LogP contribution is 2.18. The van der Waals surface area contributed by atoms with E-state index in [1.807, 2.05) is 0 Å². The first-order valence-corrected chi connectivity index (χ1v) is 6.34. The Bertz CT molecular complexity index is 405. The van der Waals surface area contributed by atoms with Crippen LogP contribution < -0.4 is 11.1 Å². The minimum absolute atomic E-state index is 0.151. The number of nitrogens with zero attached hydrogens (tertiary/aromatic N) is 1. The van der Waals surface area contributed by atoms with E-state index in [0.29, 0.717) is 12.2 Å².